The van der Waals surface area contributed by atoms with Crippen molar-refractivity contribution in [2.45, 2.75) is 40.7 Å². The Morgan fingerprint density at radius 3 is 2.64 bits per heavy atom. The van der Waals surface area contributed by atoms with Crippen LogP contribution in [0.4, 0.5) is 0 Å². The van der Waals surface area contributed by atoms with Crippen LogP contribution in [0.15, 0.2) is 6.20 Å². The highest BCUT2D eigenvalue weighted by Gasteiger charge is 2.08. The Bertz CT molecular complexity index is 270. The molecular weight excluding hydrogens is 174 g/mol. The topological polar surface area (TPSA) is 40.7 Å². The second-order valence-electron chi connectivity index (χ2n) is 4.98. The maximum atomic E-state index is 4.15. The molecule has 0 fully saturated rings. The van der Waals surface area contributed by atoms with Gasteiger partial charge in [-0.05, 0) is 25.3 Å². The lowest BCUT2D eigenvalue weighted by atomic mass is 9.92. The highest BCUT2D eigenvalue weighted by Crippen LogP contribution is 2.16. The van der Waals surface area contributed by atoms with Gasteiger partial charge in [-0.2, -0.15) is 0 Å². The van der Waals surface area contributed by atoms with Gasteiger partial charge < -0.3 is 10.3 Å². The molecule has 1 aromatic rings. The van der Waals surface area contributed by atoms with Crippen molar-refractivity contribution < 1.29 is 0 Å². The molecule has 0 unspecified atom stereocenters. The summed E-state index contributed by atoms with van der Waals surface area (Å²) in [6.45, 7) is 10.7. The summed E-state index contributed by atoms with van der Waals surface area (Å²) in [5, 5.41) is 3.40. The first-order chi connectivity index (χ1) is 6.47. The monoisotopic (exact) mass is 195 g/mol. The normalized spacial score (nSPS) is 12.0. The van der Waals surface area contributed by atoms with Crippen molar-refractivity contribution in [1.29, 1.82) is 0 Å². The maximum Gasteiger partial charge on any atom is 0.103 e. The molecule has 0 spiro atoms. The standard InChI is InChI=1S/C11H21N3/c1-9-13-8-10(14-9)7-12-6-5-11(2,3)4/h8,12H,5-7H2,1-4H3,(H,13,14). The van der Waals surface area contributed by atoms with Crippen LogP contribution in [0.2, 0.25) is 0 Å². The molecule has 0 aromatic carbocycles. The second-order valence-corrected chi connectivity index (χ2v) is 4.98. The Morgan fingerprint density at radius 2 is 2.14 bits per heavy atom. The Hall–Kier alpha value is -0.830. The third-order valence-electron chi connectivity index (χ3n) is 2.12. The Morgan fingerprint density at radius 1 is 1.43 bits per heavy atom. The number of hydrogen-bond donors (Lipinski definition) is 2. The van der Waals surface area contributed by atoms with Crippen LogP contribution in [-0.4, -0.2) is 16.5 Å². The molecule has 0 aliphatic rings. The van der Waals surface area contributed by atoms with Gasteiger partial charge in [0.05, 0.1) is 0 Å². The first kappa shape index (κ1) is 11.2. The maximum absolute atomic E-state index is 4.15. The Balaban J connectivity index is 2.16. The minimum atomic E-state index is 0.414. The van der Waals surface area contributed by atoms with E-state index in [1.54, 1.807) is 0 Å². The minimum Gasteiger partial charge on any atom is -0.345 e. The summed E-state index contributed by atoms with van der Waals surface area (Å²) in [5.41, 5.74) is 1.58. The van der Waals surface area contributed by atoms with Gasteiger partial charge in [0.2, 0.25) is 0 Å². The SMILES string of the molecule is Cc1ncc(CNCCC(C)(C)C)[nH]1. The van der Waals surface area contributed by atoms with Crippen molar-refractivity contribution in [2.75, 3.05) is 6.54 Å². The quantitative estimate of drug-likeness (QED) is 0.723. The van der Waals surface area contributed by atoms with Gasteiger partial charge >= 0.3 is 0 Å². The van der Waals surface area contributed by atoms with Gasteiger partial charge in [0.15, 0.2) is 0 Å². The van der Waals surface area contributed by atoms with Crippen LogP contribution in [0.3, 0.4) is 0 Å². The van der Waals surface area contributed by atoms with E-state index in [0.29, 0.717) is 5.41 Å². The molecule has 0 amide bonds. The van der Waals surface area contributed by atoms with Gasteiger partial charge in [0.1, 0.15) is 5.82 Å². The summed E-state index contributed by atoms with van der Waals surface area (Å²) in [4.78, 5) is 7.35. The molecule has 1 aromatic heterocycles. The molecule has 3 heteroatoms. The van der Waals surface area contributed by atoms with Crippen LogP contribution < -0.4 is 5.32 Å². The molecule has 0 aliphatic heterocycles. The van der Waals surface area contributed by atoms with Gasteiger partial charge in [0.25, 0.3) is 0 Å². The number of rotatable bonds is 4. The lowest BCUT2D eigenvalue weighted by molar-refractivity contribution is 0.366. The van der Waals surface area contributed by atoms with Crippen LogP contribution >= 0.6 is 0 Å². The zero-order valence-corrected chi connectivity index (χ0v) is 9.65. The number of H-pyrrole nitrogens is 1. The third kappa shape index (κ3) is 4.42. The number of nitrogens with zero attached hydrogens (tertiary/aromatic N) is 1. The molecule has 0 radical (unpaired) electrons. The second kappa shape index (κ2) is 4.60. The van der Waals surface area contributed by atoms with Crippen LogP contribution in [0.5, 0.6) is 0 Å². The average molecular weight is 195 g/mol. The number of aromatic amines is 1. The summed E-state index contributed by atoms with van der Waals surface area (Å²) in [6, 6.07) is 0. The first-order valence-electron chi connectivity index (χ1n) is 5.18. The Kier molecular flexibility index (Phi) is 3.69. The summed E-state index contributed by atoms with van der Waals surface area (Å²) in [7, 11) is 0. The fourth-order valence-electron chi connectivity index (χ4n) is 1.25. The zero-order chi connectivity index (χ0) is 10.6. The molecule has 0 saturated heterocycles. The molecule has 14 heavy (non-hydrogen) atoms. The van der Waals surface area contributed by atoms with E-state index in [1.165, 1.54) is 6.42 Å². The van der Waals surface area contributed by atoms with E-state index in [-0.39, 0.29) is 0 Å². The van der Waals surface area contributed by atoms with Crippen LogP contribution in [0.25, 0.3) is 0 Å². The van der Waals surface area contributed by atoms with Crippen LogP contribution in [0.1, 0.15) is 38.7 Å². The molecule has 80 valence electrons. The van der Waals surface area contributed by atoms with Crippen molar-refractivity contribution in [2.24, 2.45) is 5.41 Å². The summed E-state index contributed by atoms with van der Waals surface area (Å²) < 4.78 is 0. The van der Waals surface area contributed by atoms with Crippen molar-refractivity contribution in [3.8, 4) is 0 Å². The highest BCUT2D eigenvalue weighted by molar-refractivity contribution is 4.99. The molecule has 1 heterocycles. The van der Waals surface area contributed by atoms with E-state index in [4.69, 9.17) is 0 Å². The predicted octanol–water partition coefficient (Wildman–Crippen LogP) is 2.24. The van der Waals surface area contributed by atoms with Crippen molar-refractivity contribution >= 4 is 0 Å². The lowest BCUT2D eigenvalue weighted by Gasteiger charge is -2.17. The molecular formula is C11H21N3. The molecule has 0 bridgehead atoms. The van der Waals surface area contributed by atoms with Gasteiger partial charge in [0, 0.05) is 18.4 Å². The zero-order valence-electron chi connectivity index (χ0n) is 9.65. The number of aromatic nitrogens is 2. The number of aryl methyl sites for hydroxylation is 1. The smallest absolute Gasteiger partial charge is 0.103 e. The summed E-state index contributed by atoms with van der Waals surface area (Å²) in [6.07, 6.45) is 3.08. The van der Waals surface area contributed by atoms with E-state index in [9.17, 15) is 0 Å². The molecule has 2 N–H and O–H groups in total. The highest BCUT2D eigenvalue weighted by atomic mass is 15.0. The van der Waals surface area contributed by atoms with E-state index in [2.05, 4.69) is 36.1 Å². The first-order valence-corrected chi connectivity index (χ1v) is 5.18. The minimum absolute atomic E-state index is 0.414. The van der Waals surface area contributed by atoms with Gasteiger partial charge in [-0.3, -0.25) is 0 Å². The number of imidazole rings is 1. The van der Waals surface area contributed by atoms with Gasteiger partial charge in [-0.25, -0.2) is 4.98 Å². The van der Waals surface area contributed by atoms with Gasteiger partial charge in [-0.15, -0.1) is 0 Å². The third-order valence-corrected chi connectivity index (χ3v) is 2.12. The molecule has 1 rings (SSSR count). The molecule has 3 nitrogen and oxygen atoms in total. The van der Waals surface area contributed by atoms with E-state index in [0.717, 1.165) is 24.6 Å². The fraction of sp³-hybridized carbons (Fsp3) is 0.727. The fourth-order valence-corrected chi connectivity index (χ4v) is 1.25. The molecule has 0 aliphatic carbocycles. The van der Waals surface area contributed by atoms with Crippen LogP contribution in [0, 0.1) is 12.3 Å². The largest absolute Gasteiger partial charge is 0.345 e. The van der Waals surface area contributed by atoms with E-state index >= 15 is 0 Å². The van der Waals surface area contributed by atoms with Gasteiger partial charge in [-0.1, -0.05) is 20.8 Å². The Labute approximate surface area is 86.3 Å². The molecule has 0 atom stereocenters. The predicted molar refractivity (Wildman–Crippen MR) is 59.1 cm³/mol. The lowest BCUT2D eigenvalue weighted by Crippen LogP contribution is -2.20. The van der Waals surface area contributed by atoms with Crippen molar-refractivity contribution in [3.63, 3.8) is 0 Å². The molecule has 0 saturated carbocycles. The van der Waals surface area contributed by atoms with Crippen LogP contribution in [-0.2, 0) is 6.54 Å². The summed E-state index contributed by atoms with van der Waals surface area (Å²) >= 11 is 0. The van der Waals surface area contributed by atoms with Crippen molar-refractivity contribution in [1.82, 2.24) is 15.3 Å². The van der Waals surface area contributed by atoms with E-state index in [1.807, 2.05) is 13.1 Å². The number of nitrogens with one attached hydrogen (secondary N) is 2. The van der Waals surface area contributed by atoms with E-state index < -0.39 is 0 Å². The van der Waals surface area contributed by atoms with Crippen molar-refractivity contribution in [3.05, 3.63) is 17.7 Å². The average Bonchev–Trinajstić information content (AvgIpc) is 2.44. The number of hydrogen-bond acceptors (Lipinski definition) is 2. The summed E-state index contributed by atoms with van der Waals surface area (Å²) in [5.74, 6) is 0.984.